The Labute approximate surface area is 188 Å². The Bertz CT molecular complexity index is 1070. The van der Waals surface area contributed by atoms with E-state index in [9.17, 15) is 13.2 Å². The van der Waals surface area contributed by atoms with Crippen molar-refractivity contribution in [2.45, 2.75) is 44.0 Å². The highest BCUT2D eigenvalue weighted by atomic mass is 35.5. The molecule has 2 fully saturated rings. The van der Waals surface area contributed by atoms with Crippen LogP contribution in [0.25, 0.3) is 0 Å². The van der Waals surface area contributed by atoms with Gasteiger partial charge in [-0.25, -0.2) is 13.4 Å². The first-order valence-corrected chi connectivity index (χ1v) is 12.4. The lowest BCUT2D eigenvalue weighted by Gasteiger charge is -2.36. The second-order valence-electron chi connectivity index (χ2n) is 7.79. The first-order chi connectivity index (χ1) is 14.6. The summed E-state index contributed by atoms with van der Waals surface area (Å²) in [5.41, 5.74) is 1.60. The number of nitrogens with one attached hydrogen (secondary N) is 1. The molecular weight excluding hydrogens is 436 g/mol. The predicted molar refractivity (Wildman–Crippen MR) is 124 cm³/mol. The number of nitrogens with zero attached hydrogens (tertiary/aromatic N) is 3. The van der Waals surface area contributed by atoms with E-state index in [0.717, 1.165) is 18.4 Å². The lowest BCUT2D eigenvalue weighted by atomic mass is 10.1. The fraction of sp³-hybridized carbons (Fsp3) is 0.409. The summed E-state index contributed by atoms with van der Waals surface area (Å²) in [5, 5.41) is 3.18. The van der Waals surface area contributed by atoms with Gasteiger partial charge in [-0.1, -0.05) is 36.4 Å². The molecule has 2 aliphatic rings. The number of piperazine rings is 1. The lowest BCUT2D eigenvalue weighted by molar-refractivity contribution is -0.122. The van der Waals surface area contributed by atoms with Gasteiger partial charge in [0.05, 0.1) is 10.6 Å². The Morgan fingerprint density at radius 2 is 2.00 bits per heavy atom. The minimum atomic E-state index is -3.22. The molecule has 3 rings (SSSR count). The van der Waals surface area contributed by atoms with Crippen molar-refractivity contribution in [2.75, 3.05) is 12.8 Å². The first kappa shape index (κ1) is 23.2. The normalized spacial score (nSPS) is 22.1. The van der Waals surface area contributed by atoms with Gasteiger partial charge < -0.3 is 5.32 Å². The average molecular weight is 463 g/mol. The number of hydrogen-bond donors (Lipinski definition) is 1. The van der Waals surface area contributed by atoms with Crippen LogP contribution in [-0.4, -0.2) is 49.7 Å². The molecule has 1 aromatic carbocycles. The SMILES string of the molecule is C=C(Cl)/N=C1\C(=C/C)NC(=NCCc2ccc(S(C)(=O)=O)cc2)C(=O)N1C(C)C1CC1. The van der Waals surface area contributed by atoms with Gasteiger partial charge in [-0.3, -0.25) is 14.7 Å². The molecule has 31 heavy (non-hydrogen) atoms. The standard InChI is InChI=1S/C22H27ClN4O3S/c1-5-19-21(25-15(3)23)27(14(2)17-8-9-17)22(28)20(26-19)24-13-12-16-6-10-18(11-7-16)31(4,29)30/h5-7,10-11,14,17H,3,8-9,12-13H2,1-2,4H3,(H,24,26)/b19-5+,25-21+. The van der Waals surface area contributed by atoms with Gasteiger partial charge in [0.25, 0.3) is 5.91 Å². The summed E-state index contributed by atoms with van der Waals surface area (Å²) in [6, 6.07) is 6.68. The molecule has 1 aromatic rings. The number of amidine groups is 2. The predicted octanol–water partition coefficient (Wildman–Crippen LogP) is 3.27. The Morgan fingerprint density at radius 3 is 2.52 bits per heavy atom. The maximum atomic E-state index is 13.2. The number of hydrogen-bond acceptors (Lipinski definition) is 5. The topological polar surface area (TPSA) is 91.2 Å². The fourth-order valence-electron chi connectivity index (χ4n) is 3.48. The lowest BCUT2D eigenvalue weighted by Crippen LogP contribution is -2.57. The van der Waals surface area contributed by atoms with Crippen LogP contribution in [0.3, 0.4) is 0 Å². The number of halogens is 1. The number of carbonyl (C=O) groups is 1. The zero-order valence-electron chi connectivity index (χ0n) is 17.9. The Kier molecular flexibility index (Phi) is 7.01. The molecule has 0 spiro atoms. The van der Waals surface area contributed by atoms with Crippen LogP contribution in [-0.2, 0) is 21.1 Å². The Morgan fingerprint density at radius 1 is 1.35 bits per heavy atom. The van der Waals surface area contributed by atoms with Crippen LogP contribution < -0.4 is 5.32 Å². The smallest absolute Gasteiger partial charge is 0.295 e. The van der Waals surface area contributed by atoms with Gasteiger partial charge in [0.2, 0.25) is 0 Å². The van der Waals surface area contributed by atoms with E-state index >= 15 is 0 Å². The van der Waals surface area contributed by atoms with Crippen molar-refractivity contribution in [1.82, 2.24) is 10.2 Å². The number of amides is 1. The van der Waals surface area contributed by atoms with Gasteiger partial charge in [0, 0.05) is 18.8 Å². The first-order valence-electron chi connectivity index (χ1n) is 10.2. The third-order valence-electron chi connectivity index (χ3n) is 5.39. The molecule has 1 aliphatic heterocycles. The summed E-state index contributed by atoms with van der Waals surface area (Å²) in [6.07, 6.45) is 5.74. The van der Waals surface area contributed by atoms with Crippen LogP contribution in [0.15, 0.2) is 62.7 Å². The van der Waals surface area contributed by atoms with E-state index in [0.29, 0.717) is 30.4 Å². The van der Waals surface area contributed by atoms with Crippen molar-refractivity contribution in [3.8, 4) is 0 Å². The van der Waals surface area contributed by atoms with Crippen molar-refractivity contribution in [1.29, 1.82) is 0 Å². The molecule has 1 amide bonds. The van der Waals surface area contributed by atoms with Crippen LogP contribution in [0.4, 0.5) is 0 Å². The largest absolute Gasteiger partial charge is 0.333 e. The summed E-state index contributed by atoms with van der Waals surface area (Å²) in [5.74, 6) is 0.910. The Hall–Kier alpha value is -2.45. The number of benzene rings is 1. The molecular formula is C22H27ClN4O3S. The number of aliphatic imine (C=N–C) groups is 2. The molecule has 0 bridgehead atoms. The highest BCUT2D eigenvalue weighted by Crippen LogP contribution is 2.36. The number of allylic oxidation sites excluding steroid dienone is 1. The highest BCUT2D eigenvalue weighted by molar-refractivity contribution is 7.90. The third kappa shape index (κ3) is 5.62. The molecule has 0 radical (unpaired) electrons. The minimum absolute atomic E-state index is 0.0203. The number of rotatable bonds is 7. The molecule has 166 valence electrons. The van der Waals surface area contributed by atoms with E-state index in [1.54, 1.807) is 29.2 Å². The van der Waals surface area contributed by atoms with Gasteiger partial charge in [-0.2, -0.15) is 0 Å². The zero-order chi connectivity index (χ0) is 22.8. The van der Waals surface area contributed by atoms with E-state index in [1.807, 2.05) is 19.9 Å². The van der Waals surface area contributed by atoms with Crippen molar-refractivity contribution < 1.29 is 13.2 Å². The van der Waals surface area contributed by atoms with Gasteiger partial charge in [-0.05, 0) is 56.7 Å². The molecule has 1 unspecified atom stereocenters. The molecule has 9 heteroatoms. The van der Waals surface area contributed by atoms with Gasteiger partial charge >= 0.3 is 0 Å². The Balaban J connectivity index is 1.80. The van der Waals surface area contributed by atoms with Gasteiger partial charge in [0.15, 0.2) is 21.5 Å². The fourth-order valence-corrected chi connectivity index (χ4v) is 4.19. The molecule has 1 aliphatic carbocycles. The van der Waals surface area contributed by atoms with Crippen LogP contribution in [0.5, 0.6) is 0 Å². The zero-order valence-corrected chi connectivity index (χ0v) is 19.5. The molecule has 1 saturated carbocycles. The highest BCUT2D eigenvalue weighted by Gasteiger charge is 2.41. The van der Waals surface area contributed by atoms with Gasteiger partial charge in [0.1, 0.15) is 5.16 Å². The van der Waals surface area contributed by atoms with E-state index in [2.05, 4.69) is 21.9 Å². The molecule has 0 aromatic heterocycles. The van der Waals surface area contributed by atoms with Crippen molar-refractivity contribution >= 4 is 39.0 Å². The van der Waals surface area contributed by atoms with E-state index in [-0.39, 0.29) is 27.8 Å². The molecule has 1 heterocycles. The van der Waals surface area contributed by atoms with Crippen LogP contribution in [0, 0.1) is 5.92 Å². The third-order valence-corrected chi connectivity index (χ3v) is 6.61. The van der Waals surface area contributed by atoms with Crippen molar-refractivity contribution in [2.24, 2.45) is 15.9 Å². The maximum Gasteiger partial charge on any atom is 0.295 e. The van der Waals surface area contributed by atoms with E-state index < -0.39 is 9.84 Å². The summed E-state index contributed by atoms with van der Waals surface area (Å²) < 4.78 is 23.2. The summed E-state index contributed by atoms with van der Waals surface area (Å²) in [7, 11) is -3.22. The maximum absolute atomic E-state index is 13.2. The molecule has 1 atom stereocenters. The van der Waals surface area contributed by atoms with E-state index in [1.165, 1.54) is 6.26 Å². The average Bonchev–Trinajstić information content (AvgIpc) is 3.54. The molecule has 1 N–H and O–H groups in total. The second kappa shape index (κ2) is 9.36. The second-order valence-corrected chi connectivity index (χ2v) is 10.2. The molecule has 1 saturated heterocycles. The molecule has 7 nitrogen and oxygen atoms in total. The monoisotopic (exact) mass is 462 g/mol. The van der Waals surface area contributed by atoms with E-state index in [4.69, 9.17) is 11.6 Å². The van der Waals surface area contributed by atoms with Crippen molar-refractivity contribution in [3.05, 3.63) is 53.3 Å². The van der Waals surface area contributed by atoms with Crippen LogP contribution >= 0.6 is 11.6 Å². The van der Waals surface area contributed by atoms with Crippen LogP contribution in [0.2, 0.25) is 0 Å². The number of carbonyl (C=O) groups excluding carboxylic acids is 1. The van der Waals surface area contributed by atoms with Crippen LogP contribution in [0.1, 0.15) is 32.3 Å². The quantitative estimate of drug-likeness (QED) is 0.629. The summed E-state index contributed by atoms with van der Waals surface area (Å²) in [4.78, 5) is 24.0. The minimum Gasteiger partial charge on any atom is -0.333 e. The summed E-state index contributed by atoms with van der Waals surface area (Å²) >= 11 is 5.93. The number of sulfone groups is 1. The van der Waals surface area contributed by atoms with Crippen molar-refractivity contribution in [3.63, 3.8) is 0 Å². The van der Waals surface area contributed by atoms with Gasteiger partial charge in [-0.15, -0.1) is 0 Å². The summed E-state index contributed by atoms with van der Waals surface area (Å²) in [6.45, 7) is 7.88.